The first-order valence-corrected chi connectivity index (χ1v) is 5.73. The van der Waals surface area contributed by atoms with Crippen LogP contribution in [-0.4, -0.2) is 5.21 Å². The molecule has 18 heavy (non-hydrogen) atoms. The third-order valence-corrected chi connectivity index (χ3v) is 2.66. The number of benzene rings is 2. The van der Waals surface area contributed by atoms with Crippen LogP contribution in [0.5, 0.6) is 0 Å². The van der Waals surface area contributed by atoms with Crippen LogP contribution in [0.25, 0.3) is 11.6 Å². The van der Waals surface area contributed by atoms with Crippen molar-refractivity contribution >= 4 is 11.6 Å². The van der Waals surface area contributed by atoms with Crippen LogP contribution >= 0.6 is 0 Å². The second-order valence-electron chi connectivity index (χ2n) is 3.93. The highest BCUT2D eigenvalue weighted by Gasteiger charge is 2.05. The maximum atomic E-state index is 9.05. The highest BCUT2D eigenvalue weighted by atomic mass is 16.5. The molecule has 0 atom stereocenters. The molecule has 0 fully saturated rings. The monoisotopic (exact) mass is 237 g/mol. The van der Waals surface area contributed by atoms with Crippen molar-refractivity contribution in [3.05, 3.63) is 84.1 Å². The Bertz CT molecular complexity index is 544. The van der Waals surface area contributed by atoms with Gasteiger partial charge >= 0.3 is 0 Å². The van der Waals surface area contributed by atoms with E-state index in [1.165, 1.54) is 0 Å². The van der Waals surface area contributed by atoms with Gasteiger partial charge in [-0.1, -0.05) is 67.2 Å². The zero-order chi connectivity index (χ0) is 12.8. The molecule has 0 bridgehead atoms. The smallest absolute Gasteiger partial charge is 0.0608 e. The van der Waals surface area contributed by atoms with Crippen molar-refractivity contribution in [3.63, 3.8) is 0 Å². The summed E-state index contributed by atoms with van der Waals surface area (Å²) in [6, 6.07) is 19.8. The van der Waals surface area contributed by atoms with Gasteiger partial charge in [0.2, 0.25) is 0 Å². The lowest BCUT2D eigenvalue weighted by molar-refractivity contribution is 0.207. The van der Waals surface area contributed by atoms with Gasteiger partial charge in [0, 0.05) is 5.57 Å². The fourth-order valence-corrected chi connectivity index (χ4v) is 1.74. The van der Waals surface area contributed by atoms with Gasteiger partial charge in [-0.3, -0.25) is 10.7 Å². The van der Waals surface area contributed by atoms with E-state index in [2.05, 4.69) is 12.1 Å². The minimum absolute atomic E-state index is 0.477. The summed E-state index contributed by atoms with van der Waals surface area (Å²) >= 11 is 0. The average molecular weight is 237 g/mol. The van der Waals surface area contributed by atoms with E-state index in [9.17, 15) is 0 Å². The Morgan fingerprint density at radius 2 is 1.50 bits per heavy atom. The molecule has 0 spiro atoms. The van der Waals surface area contributed by atoms with Crippen LogP contribution in [0.4, 0.5) is 0 Å². The van der Waals surface area contributed by atoms with Crippen LogP contribution in [0, 0.1) is 0 Å². The second kappa shape index (κ2) is 5.84. The third kappa shape index (κ3) is 2.87. The SMILES string of the molecule is C=C(NO)/C(=C/c1ccccc1)c1ccccc1. The lowest BCUT2D eigenvalue weighted by Gasteiger charge is -2.10. The normalized spacial score (nSPS) is 11.1. The van der Waals surface area contributed by atoms with E-state index in [4.69, 9.17) is 5.21 Å². The van der Waals surface area contributed by atoms with E-state index in [-0.39, 0.29) is 0 Å². The molecule has 0 amide bonds. The Hall–Kier alpha value is -2.32. The van der Waals surface area contributed by atoms with Crippen molar-refractivity contribution in [2.24, 2.45) is 0 Å². The molecule has 0 heterocycles. The van der Waals surface area contributed by atoms with Crippen LogP contribution in [0.1, 0.15) is 11.1 Å². The van der Waals surface area contributed by atoms with Gasteiger partial charge in [-0.25, -0.2) is 0 Å². The summed E-state index contributed by atoms with van der Waals surface area (Å²) in [6.07, 6.45) is 1.99. The van der Waals surface area contributed by atoms with Crippen LogP contribution in [0.15, 0.2) is 72.9 Å². The molecule has 0 aliphatic carbocycles. The molecule has 0 radical (unpaired) electrons. The lowest BCUT2D eigenvalue weighted by Crippen LogP contribution is -2.07. The van der Waals surface area contributed by atoms with Gasteiger partial charge in [-0.15, -0.1) is 0 Å². The highest BCUT2D eigenvalue weighted by Crippen LogP contribution is 2.22. The van der Waals surface area contributed by atoms with E-state index >= 15 is 0 Å². The zero-order valence-electron chi connectivity index (χ0n) is 10.0. The fraction of sp³-hybridized carbons (Fsp3) is 0. The van der Waals surface area contributed by atoms with Crippen molar-refractivity contribution in [2.75, 3.05) is 0 Å². The van der Waals surface area contributed by atoms with Gasteiger partial charge < -0.3 is 0 Å². The molecule has 0 unspecified atom stereocenters. The molecule has 0 saturated heterocycles. The quantitative estimate of drug-likeness (QED) is 0.482. The van der Waals surface area contributed by atoms with Gasteiger partial charge in [-0.2, -0.15) is 0 Å². The van der Waals surface area contributed by atoms with Crippen LogP contribution in [0.3, 0.4) is 0 Å². The van der Waals surface area contributed by atoms with E-state index in [1.54, 1.807) is 0 Å². The maximum Gasteiger partial charge on any atom is 0.0608 e. The van der Waals surface area contributed by atoms with E-state index in [0.29, 0.717) is 5.70 Å². The Kier molecular flexibility index (Phi) is 3.94. The predicted octanol–water partition coefficient (Wildman–Crippen LogP) is 3.72. The number of hydrogen-bond acceptors (Lipinski definition) is 2. The summed E-state index contributed by atoms with van der Waals surface area (Å²) in [5.41, 5.74) is 5.53. The Labute approximate surface area is 107 Å². The number of hydroxylamine groups is 1. The Morgan fingerprint density at radius 1 is 0.944 bits per heavy atom. The topological polar surface area (TPSA) is 32.3 Å². The molecule has 0 saturated carbocycles. The number of allylic oxidation sites excluding steroid dienone is 1. The average Bonchev–Trinajstić information content (AvgIpc) is 2.46. The first-order chi connectivity index (χ1) is 8.81. The molecule has 0 aromatic heterocycles. The molecule has 2 aromatic carbocycles. The third-order valence-electron chi connectivity index (χ3n) is 2.66. The van der Waals surface area contributed by atoms with Gasteiger partial charge in [0.05, 0.1) is 5.70 Å². The first kappa shape index (κ1) is 12.1. The van der Waals surface area contributed by atoms with Crippen molar-refractivity contribution in [3.8, 4) is 0 Å². The summed E-state index contributed by atoms with van der Waals surface area (Å²) in [5, 5.41) is 9.05. The summed E-state index contributed by atoms with van der Waals surface area (Å²) in [5.74, 6) is 0. The summed E-state index contributed by atoms with van der Waals surface area (Å²) < 4.78 is 0. The largest absolute Gasteiger partial charge is 0.291 e. The van der Waals surface area contributed by atoms with Gasteiger partial charge in [0.25, 0.3) is 0 Å². The van der Waals surface area contributed by atoms with Crippen LogP contribution in [0.2, 0.25) is 0 Å². The van der Waals surface area contributed by atoms with E-state index in [0.717, 1.165) is 16.7 Å². The lowest BCUT2D eigenvalue weighted by atomic mass is 10.0. The summed E-state index contributed by atoms with van der Waals surface area (Å²) in [4.78, 5) is 0. The predicted molar refractivity (Wildman–Crippen MR) is 74.8 cm³/mol. The first-order valence-electron chi connectivity index (χ1n) is 5.73. The van der Waals surface area contributed by atoms with Crippen LogP contribution < -0.4 is 5.48 Å². The minimum Gasteiger partial charge on any atom is -0.291 e. The molecule has 0 aliphatic rings. The molecular weight excluding hydrogens is 222 g/mol. The molecule has 2 nitrogen and oxygen atoms in total. The Morgan fingerprint density at radius 3 is 2.06 bits per heavy atom. The highest BCUT2D eigenvalue weighted by molar-refractivity contribution is 5.89. The van der Waals surface area contributed by atoms with Gasteiger partial charge in [0.15, 0.2) is 0 Å². The zero-order valence-corrected chi connectivity index (χ0v) is 10.0. The van der Waals surface area contributed by atoms with Crippen molar-refractivity contribution in [1.82, 2.24) is 5.48 Å². The maximum absolute atomic E-state index is 9.05. The molecular formula is C16H15NO. The number of rotatable bonds is 4. The molecule has 2 aromatic rings. The Balaban J connectivity index is 2.44. The molecule has 0 aliphatic heterocycles. The summed E-state index contributed by atoms with van der Waals surface area (Å²) in [6.45, 7) is 3.82. The molecule has 90 valence electrons. The van der Waals surface area contributed by atoms with Crippen LogP contribution in [-0.2, 0) is 0 Å². The second-order valence-corrected chi connectivity index (χ2v) is 3.93. The van der Waals surface area contributed by atoms with Crippen molar-refractivity contribution < 1.29 is 5.21 Å². The van der Waals surface area contributed by atoms with E-state index < -0.39 is 0 Å². The molecule has 2 heteroatoms. The van der Waals surface area contributed by atoms with Crippen molar-refractivity contribution in [1.29, 1.82) is 0 Å². The minimum atomic E-state index is 0.477. The number of nitrogens with one attached hydrogen (secondary N) is 1. The molecule has 2 rings (SSSR count). The van der Waals surface area contributed by atoms with Gasteiger partial charge in [-0.05, 0) is 17.2 Å². The summed E-state index contributed by atoms with van der Waals surface area (Å²) in [7, 11) is 0. The van der Waals surface area contributed by atoms with E-state index in [1.807, 2.05) is 66.7 Å². The number of hydrogen-bond donors (Lipinski definition) is 2. The van der Waals surface area contributed by atoms with Crippen molar-refractivity contribution in [2.45, 2.75) is 0 Å². The van der Waals surface area contributed by atoms with Gasteiger partial charge in [0.1, 0.15) is 0 Å². The fourth-order valence-electron chi connectivity index (χ4n) is 1.74. The molecule has 2 N–H and O–H groups in total. The standard InChI is InChI=1S/C16H15NO/c1-13(17-18)16(15-10-6-3-7-11-15)12-14-8-4-2-5-9-14/h2-12,17-18H,1H2/b16-12-.